The zero-order valence-electron chi connectivity index (χ0n) is 10.6. The fourth-order valence-corrected chi connectivity index (χ4v) is 3.19. The van der Waals surface area contributed by atoms with Gasteiger partial charge in [-0.3, -0.25) is 4.90 Å². The molecule has 2 heterocycles. The number of hydrogen-bond donors (Lipinski definition) is 1. The Balaban J connectivity index is 2.06. The summed E-state index contributed by atoms with van der Waals surface area (Å²) in [6, 6.07) is 4.88. The molecule has 1 atom stereocenters. The third-order valence-corrected chi connectivity index (χ3v) is 4.30. The van der Waals surface area contributed by atoms with E-state index in [0.717, 1.165) is 18.9 Å². The largest absolute Gasteiger partial charge is 0.370 e. The van der Waals surface area contributed by atoms with Crippen molar-refractivity contribution < 1.29 is 0 Å². The lowest BCUT2D eigenvalue weighted by molar-refractivity contribution is 0.224. The first kappa shape index (κ1) is 12.7. The first-order valence-corrected chi connectivity index (χ1v) is 7.46. The maximum atomic E-state index is 4.42. The fraction of sp³-hybridized carbons (Fsp3) is 0.615. The SMILES string of the molecule is CCNc1ncccc1CN1CCSCC1C. The van der Waals surface area contributed by atoms with Crippen LogP contribution in [0.15, 0.2) is 18.3 Å². The van der Waals surface area contributed by atoms with Gasteiger partial charge in [-0.2, -0.15) is 11.8 Å². The van der Waals surface area contributed by atoms with Gasteiger partial charge in [0.25, 0.3) is 0 Å². The van der Waals surface area contributed by atoms with Crippen molar-refractivity contribution in [2.24, 2.45) is 0 Å². The fourth-order valence-electron chi connectivity index (χ4n) is 2.11. The minimum atomic E-state index is 0.670. The summed E-state index contributed by atoms with van der Waals surface area (Å²) in [6.45, 7) is 7.55. The number of nitrogens with zero attached hydrogens (tertiary/aromatic N) is 2. The lowest BCUT2D eigenvalue weighted by Crippen LogP contribution is -2.39. The highest BCUT2D eigenvalue weighted by atomic mass is 32.2. The summed E-state index contributed by atoms with van der Waals surface area (Å²) in [6.07, 6.45) is 1.86. The zero-order chi connectivity index (χ0) is 12.1. The second-order valence-electron chi connectivity index (χ2n) is 4.44. The summed E-state index contributed by atoms with van der Waals surface area (Å²) in [5, 5.41) is 3.34. The van der Waals surface area contributed by atoms with Crippen molar-refractivity contribution in [3.8, 4) is 0 Å². The molecule has 1 N–H and O–H groups in total. The van der Waals surface area contributed by atoms with Crippen molar-refractivity contribution in [1.82, 2.24) is 9.88 Å². The Morgan fingerprint density at radius 3 is 3.24 bits per heavy atom. The smallest absolute Gasteiger partial charge is 0.130 e. The lowest BCUT2D eigenvalue weighted by atomic mass is 10.2. The van der Waals surface area contributed by atoms with E-state index in [0.29, 0.717) is 6.04 Å². The van der Waals surface area contributed by atoms with Crippen LogP contribution in [0.5, 0.6) is 0 Å². The molecule has 0 radical (unpaired) electrons. The topological polar surface area (TPSA) is 28.2 Å². The van der Waals surface area contributed by atoms with Crippen LogP contribution in [0, 0.1) is 0 Å². The van der Waals surface area contributed by atoms with Gasteiger partial charge >= 0.3 is 0 Å². The maximum Gasteiger partial charge on any atom is 0.130 e. The lowest BCUT2D eigenvalue weighted by Gasteiger charge is -2.33. The van der Waals surface area contributed by atoms with Gasteiger partial charge < -0.3 is 5.32 Å². The van der Waals surface area contributed by atoms with Gasteiger partial charge in [0.1, 0.15) is 5.82 Å². The van der Waals surface area contributed by atoms with E-state index < -0.39 is 0 Å². The molecule has 94 valence electrons. The zero-order valence-corrected chi connectivity index (χ0v) is 11.5. The Labute approximate surface area is 108 Å². The van der Waals surface area contributed by atoms with Crippen molar-refractivity contribution in [3.63, 3.8) is 0 Å². The number of nitrogens with one attached hydrogen (secondary N) is 1. The van der Waals surface area contributed by atoms with E-state index in [1.165, 1.54) is 23.6 Å². The molecule has 0 saturated carbocycles. The van der Waals surface area contributed by atoms with Gasteiger partial charge in [0.05, 0.1) is 0 Å². The normalized spacial score (nSPS) is 21.4. The average molecular weight is 251 g/mol. The van der Waals surface area contributed by atoms with Crippen LogP contribution < -0.4 is 5.32 Å². The second-order valence-corrected chi connectivity index (χ2v) is 5.59. The van der Waals surface area contributed by atoms with E-state index in [9.17, 15) is 0 Å². The van der Waals surface area contributed by atoms with Crippen LogP contribution in [-0.2, 0) is 6.54 Å². The molecule has 3 nitrogen and oxygen atoms in total. The molecule has 0 amide bonds. The molecule has 1 aromatic heterocycles. The van der Waals surface area contributed by atoms with Crippen LogP contribution in [-0.4, -0.2) is 40.5 Å². The molecule has 0 aliphatic carbocycles. The van der Waals surface area contributed by atoms with Gasteiger partial charge in [0.2, 0.25) is 0 Å². The number of thioether (sulfide) groups is 1. The first-order chi connectivity index (χ1) is 8.31. The minimum Gasteiger partial charge on any atom is -0.370 e. The van der Waals surface area contributed by atoms with Crippen LogP contribution >= 0.6 is 11.8 Å². The van der Waals surface area contributed by atoms with Crippen molar-refractivity contribution in [3.05, 3.63) is 23.9 Å². The van der Waals surface area contributed by atoms with Crippen molar-refractivity contribution in [2.75, 3.05) is 29.9 Å². The van der Waals surface area contributed by atoms with Crippen molar-refractivity contribution in [2.45, 2.75) is 26.4 Å². The molecule has 1 aromatic rings. The molecule has 0 spiro atoms. The number of rotatable bonds is 4. The standard InChI is InChI=1S/C13H21N3S/c1-3-14-13-12(5-4-6-15-13)9-16-7-8-17-10-11(16)2/h4-6,11H,3,7-10H2,1-2H3,(H,14,15). The predicted octanol–water partition coefficient (Wildman–Crippen LogP) is 2.45. The van der Waals surface area contributed by atoms with E-state index in [1.54, 1.807) is 0 Å². The summed E-state index contributed by atoms with van der Waals surface area (Å²) < 4.78 is 0. The molecule has 2 rings (SSSR count). The second kappa shape index (κ2) is 6.26. The molecule has 1 aliphatic heterocycles. The van der Waals surface area contributed by atoms with Gasteiger partial charge in [-0.25, -0.2) is 4.98 Å². The van der Waals surface area contributed by atoms with Crippen LogP contribution in [0.3, 0.4) is 0 Å². The molecule has 1 saturated heterocycles. The Morgan fingerprint density at radius 1 is 1.59 bits per heavy atom. The van der Waals surface area contributed by atoms with Gasteiger partial charge in [0, 0.05) is 48.9 Å². The highest BCUT2D eigenvalue weighted by Crippen LogP contribution is 2.21. The molecule has 1 fully saturated rings. The van der Waals surface area contributed by atoms with Crippen LogP contribution in [0.4, 0.5) is 5.82 Å². The minimum absolute atomic E-state index is 0.670. The molecular formula is C13H21N3S. The summed E-state index contributed by atoms with van der Waals surface area (Å²) in [4.78, 5) is 6.97. The van der Waals surface area contributed by atoms with Crippen molar-refractivity contribution >= 4 is 17.6 Å². The molecule has 4 heteroatoms. The molecule has 1 unspecified atom stereocenters. The summed E-state index contributed by atoms with van der Waals surface area (Å²) in [5.74, 6) is 3.54. The van der Waals surface area contributed by atoms with E-state index >= 15 is 0 Å². The highest BCUT2D eigenvalue weighted by Gasteiger charge is 2.19. The maximum absolute atomic E-state index is 4.42. The molecule has 17 heavy (non-hydrogen) atoms. The van der Waals surface area contributed by atoms with Crippen molar-refractivity contribution in [1.29, 1.82) is 0 Å². The average Bonchev–Trinajstić information content (AvgIpc) is 2.35. The van der Waals surface area contributed by atoms with Gasteiger partial charge in [-0.15, -0.1) is 0 Å². The summed E-state index contributed by atoms with van der Waals surface area (Å²) in [5.41, 5.74) is 1.31. The number of hydrogen-bond acceptors (Lipinski definition) is 4. The molecular weight excluding hydrogens is 230 g/mol. The quantitative estimate of drug-likeness (QED) is 0.890. The molecule has 1 aliphatic rings. The van der Waals surface area contributed by atoms with Crippen LogP contribution in [0.1, 0.15) is 19.4 Å². The third kappa shape index (κ3) is 3.36. The third-order valence-electron chi connectivity index (χ3n) is 3.11. The molecule has 0 bridgehead atoms. The molecule has 0 aromatic carbocycles. The summed E-state index contributed by atoms with van der Waals surface area (Å²) in [7, 11) is 0. The Kier molecular flexibility index (Phi) is 4.68. The number of aromatic nitrogens is 1. The first-order valence-electron chi connectivity index (χ1n) is 6.30. The number of anilines is 1. The number of pyridine rings is 1. The van der Waals surface area contributed by atoms with E-state index in [-0.39, 0.29) is 0 Å². The summed E-state index contributed by atoms with van der Waals surface area (Å²) >= 11 is 2.06. The van der Waals surface area contributed by atoms with Gasteiger partial charge in [-0.1, -0.05) is 6.07 Å². The van der Waals surface area contributed by atoms with E-state index in [2.05, 4.69) is 46.9 Å². The predicted molar refractivity (Wildman–Crippen MR) is 75.6 cm³/mol. The Bertz CT molecular complexity index is 356. The Hall–Kier alpha value is -0.740. The van der Waals surface area contributed by atoms with Gasteiger partial charge in [0.15, 0.2) is 0 Å². The van der Waals surface area contributed by atoms with Crippen LogP contribution in [0.25, 0.3) is 0 Å². The van der Waals surface area contributed by atoms with Gasteiger partial charge in [-0.05, 0) is 19.9 Å². The monoisotopic (exact) mass is 251 g/mol. The highest BCUT2D eigenvalue weighted by molar-refractivity contribution is 7.99. The van der Waals surface area contributed by atoms with Crippen LogP contribution in [0.2, 0.25) is 0 Å². The van der Waals surface area contributed by atoms with E-state index in [1.807, 2.05) is 12.3 Å². The Morgan fingerprint density at radius 2 is 2.47 bits per heavy atom. The van der Waals surface area contributed by atoms with E-state index in [4.69, 9.17) is 0 Å².